The Balaban J connectivity index is 0. The summed E-state index contributed by atoms with van der Waals surface area (Å²) in [4.78, 5) is 0. The van der Waals surface area contributed by atoms with Crippen molar-refractivity contribution < 1.29 is 0 Å². The molecule has 0 bridgehead atoms. The predicted molar refractivity (Wildman–Crippen MR) is 69.3 cm³/mol. The van der Waals surface area contributed by atoms with Gasteiger partial charge in [-0.15, -0.1) is 23.2 Å². The van der Waals surface area contributed by atoms with Crippen molar-refractivity contribution in [1.29, 1.82) is 0 Å². The van der Waals surface area contributed by atoms with E-state index < -0.39 is 4.33 Å². The van der Waals surface area contributed by atoms with Gasteiger partial charge in [-0.3, -0.25) is 0 Å². The Morgan fingerprint density at radius 1 is 1.07 bits per heavy atom. The van der Waals surface area contributed by atoms with Crippen LogP contribution < -0.4 is 0 Å². The molecule has 0 aliphatic carbocycles. The molecule has 0 aromatic rings. The van der Waals surface area contributed by atoms with Crippen LogP contribution in [0, 0.1) is 11.8 Å². The number of hydrogen-bond donors (Lipinski definition) is 0. The second-order valence-corrected chi connectivity index (χ2v) is 6.21. The molecule has 0 aromatic carbocycles. The van der Waals surface area contributed by atoms with Crippen molar-refractivity contribution in [3.63, 3.8) is 0 Å². The smallest absolute Gasteiger partial charge is 0.102 e. The summed E-state index contributed by atoms with van der Waals surface area (Å²) < 4.78 is -0.547. The van der Waals surface area contributed by atoms with Crippen LogP contribution in [0.5, 0.6) is 0 Å². The molecule has 0 saturated carbocycles. The fourth-order valence-corrected chi connectivity index (χ4v) is 1.24. The molecule has 0 fully saturated rings. The van der Waals surface area contributed by atoms with Gasteiger partial charge < -0.3 is 0 Å². The van der Waals surface area contributed by atoms with Gasteiger partial charge in [0.1, 0.15) is 4.33 Å². The minimum absolute atomic E-state index is 0.380. The molecular weight excluding hydrogens is 215 g/mol. The molecule has 14 heavy (non-hydrogen) atoms. The second kappa shape index (κ2) is 8.85. The summed E-state index contributed by atoms with van der Waals surface area (Å²) in [6.07, 6.45) is 3.74. The molecular formula is C12H26Cl2. The third-order valence-electron chi connectivity index (χ3n) is 2.34. The molecule has 0 rings (SSSR count). The van der Waals surface area contributed by atoms with Gasteiger partial charge in [0, 0.05) is 0 Å². The number of halogens is 2. The second-order valence-electron chi connectivity index (χ2n) is 4.45. The highest BCUT2D eigenvalue weighted by Gasteiger charge is 2.23. The molecule has 0 aromatic heterocycles. The van der Waals surface area contributed by atoms with Crippen molar-refractivity contribution >= 4 is 23.2 Å². The minimum atomic E-state index is -0.547. The summed E-state index contributed by atoms with van der Waals surface area (Å²) in [6, 6.07) is 0. The Bertz CT molecular complexity index is 114. The molecule has 0 aliphatic heterocycles. The summed E-state index contributed by atoms with van der Waals surface area (Å²) in [6.45, 7) is 12.7. The molecule has 0 spiro atoms. The number of alkyl halides is 2. The Hall–Kier alpha value is 0.580. The highest BCUT2D eigenvalue weighted by molar-refractivity contribution is 6.48. The standard InChI is InChI=1S/C6H12Cl2.C6H14/c1-4-5(2)6(3,7)8;1-4-5-6(2)3/h5H,4H2,1-3H3;6H,4-5H2,1-3H3. The zero-order valence-electron chi connectivity index (χ0n) is 10.5. The lowest BCUT2D eigenvalue weighted by molar-refractivity contribution is 0.514. The van der Waals surface area contributed by atoms with Crippen molar-refractivity contribution in [2.75, 3.05) is 0 Å². The first-order valence-corrected chi connectivity index (χ1v) is 6.39. The quantitative estimate of drug-likeness (QED) is 0.556. The van der Waals surface area contributed by atoms with Crippen molar-refractivity contribution in [2.45, 2.75) is 65.1 Å². The Kier molecular flexibility index (Phi) is 10.7. The normalized spacial score (nSPS) is 13.5. The van der Waals surface area contributed by atoms with Crippen LogP contribution in [0.3, 0.4) is 0 Å². The van der Waals surface area contributed by atoms with E-state index in [1.165, 1.54) is 12.8 Å². The van der Waals surface area contributed by atoms with Gasteiger partial charge in [0.2, 0.25) is 0 Å². The highest BCUT2D eigenvalue weighted by atomic mass is 35.5. The fraction of sp³-hybridized carbons (Fsp3) is 1.00. The maximum Gasteiger partial charge on any atom is 0.118 e. The highest BCUT2D eigenvalue weighted by Crippen LogP contribution is 2.31. The van der Waals surface area contributed by atoms with E-state index >= 15 is 0 Å². The van der Waals surface area contributed by atoms with Gasteiger partial charge in [0.25, 0.3) is 0 Å². The van der Waals surface area contributed by atoms with E-state index in [1.54, 1.807) is 0 Å². The summed E-state index contributed by atoms with van der Waals surface area (Å²) in [7, 11) is 0. The molecule has 2 heteroatoms. The van der Waals surface area contributed by atoms with E-state index in [9.17, 15) is 0 Å². The molecule has 0 nitrogen and oxygen atoms in total. The van der Waals surface area contributed by atoms with E-state index in [-0.39, 0.29) is 0 Å². The SMILES string of the molecule is CCC(C)C(C)(Cl)Cl.CCCC(C)C. The van der Waals surface area contributed by atoms with Gasteiger partial charge in [-0.05, 0) is 18.8 Å². The largest absolute Gasteiger partial charge is 0.118 e. The van der Waals surface area contributed by atoms with Crippen molar-refractivity contribution in [1.82, 2.24) is 0 Å². The van der Waals surface area contributed by atoms with E-state index in [0.717, 1.165) is 12.3 Å². The van der Waals surface area contributed by atoms with E-state index in [2.05, 4.69) is 27.7 Å². The zero-order valence-corrected chi connectivity index (χ0v) is 12.0. The maximum atomic E-state index is 5.75. The van der Waals surface area contributed by atoms with E-state index in [1.807, 2.05) is 13.8 Å². The predicted octanol–water partition coefficient (Wildman–Crippen LogP) is 5.67. The third kappa shape index (κ3) is 12.6. The molecule has 0 N–H and O–H groups in total. The molecule has 0 amide bonds. The lowest BCUT2D eigenvalue weighted by atomic mass is 10.1. The molecule has 1 atom stereocenters. The van der Waals surface area contributed by atoms with Gasteiger partial charge in [-0.2, -0.15) is 0 Å². The average Bonchev–Trinajstić information content (AvgIpc) is 2.02. The Morgan fingerprint density at radius 3 is 1.50 bits per heavy atom. The first-order valence-electron chi connectivity index (χ1n) is 5.63. The van der Waals surface area contributed by atoms with Gasteiger partial charge in [-0.1, -0.05) is 53.9 Å². The molecule has 0 heterocycles. The van der Waals surface area contributed by atoms with Gasteiger partial charge in [0.05, 0.1) is 0 Å². The van der Waals surface area contributed by atoms with Crippen LogP contribution in [0.4, 0.5) is 0 Å². The molecule has 88 valence electrons. The molecule has 0 aliphatic rings. The van der Waals surface area contributed by atoms with E-state index in [0.29, 0.717) is 5.92 Å². The van der Waals surface area contributed by atoms with Crippen LogP contribution in [0.15, 0.2) is 0 Å². The van der Waals surface area contributed by atoms with Crippen LogP contribution in [-0.2, 0) is 0 Å². The van der Waals surface area contributed by atoms with Crippen molar-refractivity contribution in [3.8, 4) is 0 Å². The van der Waals surface area contributed by atoms with Gasteiger partial charge >= 0.3 is 0 Å². The molecule has 0 radical (unpaired) electrons. The van der Waals surface area contributed by atoms with Gasteiger partial charge in [-0.25, -0.2) is 0 Å². The lowest BCUT2D eigenvalue weighted by Gasteiger charge is -2.19. The first-order chi connectivity index (χ1) is 6.25. The topological polar surface area (TPSA) is 0 Å². The van der Waals surface area contributed by atoms with Crippen molar-refractivity contribution in [2.24, 2.45) is 11.8 Å². The van der Waals surface area contributed by atoms with Crippen LogP contribution in [0.1, 0.15) is 60.8 Å². The average molecular weight is 241 g/mol. The third-order valence-corrected chi connectivity index (χ3v) is 3.09. The van der Waals surface area contributed by atoms with E-state index in [4.69, 9.17) is 23.2 Å². The summed E-state index contributed by atoms with van der Waals surface area (Å²) in [5, 5.41) is 0. The summed E-state index contributed by atoms with van der Waals surface area (Å²) in [5.41, 5.74) is 0. The summed E-state index contributed by atoms with van der Waals surface area (Å²) >= 11 is 11.5. The molecule has 1 unspecified atom stereocenters. The van der Waals surface area contributed by atoms with Crippen molar-refractivity contribution in [3.05, 3.63) is 0 Å². The monoisotopic (exact) mass is 240 g/mol. The fourth-order valence-electron chi connectivity index (χ4n) is 0.936. The van der Waals surface area contributed by atoms with Crippen LogP contribution in [-0.4, -0.2) is 4.33 Å². The number of hydrogen-bond acceptors (Lipinski definition) is 0. The van der Waals surface area contributed by atoms with Crippen LogP contribution in [0.25, 0.3) is 0 Å². The summed E-state index contributed by atoms with van der Waals surface area (Å²) in [5.74, 6) is 1.28. The number of rotatable bonds is 4. The minimum Gasteiger partial charge on any atom is -0.102 e. The molecule has 0 saturated heterocycles. The van der Waals surface area contributed by atoms with Gasteiger partial charge in [0.15, 0.2) is 0 Å². The Morgan fingerprint density at radius 2 is 1.50 bits per heavy atom. The first kappa shape index (κ1) is 17.0. The van der Waals surface area contributed by atoms with Crippen LogP contribution in [0.2, 0.25) is 0 Å². The zero-order chi connectivity index (χ0) is 11.8. The lowest BCUT2D eigenvalue weighted by Crippen LogP contribution is -2.17. The van der Waals surface area contributed by atoms with Crippen LogP contribution >= 0.6 is 23.2 Å². The Labute approximate surface area is 100 Å². The maximum absolute atomic E-state index is 5.75.